The zero-order chi connectivity index (χ0) is 19.6. The van der Waals surface area contributed by atoms with Gasteiger partial charge in [0.05, 0.1) is 17.3 Å². The van der Waals surface area contributed by atoms with Gasteiger partial charge in [-0.05, 0) is 30.7 Å². The van der Waals surface area contributed by atoms with Gasteiger partial charge in [-0.25, -0.2) is 4.39 Å². The van der Waals surface area contributed by atoms with Crippen molar-refractivity contribution in [2.45, 2.75) is 13.5 Å². The fraction of sp³-hybridized carbons (Fsp3) is 0.278. The van der Waals surface area contributed by atoms with Crippen LogP contribution in [0.2, 0.25) is 5.02 Å². The van der Waals surface area contributed by atoms with Crippen molar-refractivity contribution in [3.05, 3.63) is 64.4 Å². The number of halogens is 2. The molecule has 0 aromatic heterocycles. The SMILES string of the molecule is Cc1ccc(NC(=O)CN2CCN(Cc3ccccc3F)S2(=O)=O)c(Cl)c1. The molecule has 3 rings (SSSR count). The van der Waals surface area contributed by atoms with Crippen molar-refractivity contribution in [1.29, 1.82) is 0 Å². The Bertz CT molecular complexity index is 968. The second kappa shape index (κ2) is 7.93. The molecule has 0 saturated carbocycles. The van der Waals surface area contributed by atoms with E-state index in [0.29, 0.717) is 16.3 Å². The van der Waals surface area contributed by atoms with E-state index in [1.54, 1.807) is 36.4 Å². The maximum absolute atomic E-state index is 13.8. The molecule has 6 nitrogen and oxygen atoms in total. The summed E-state index contributed by atoms with van der Waals surface area (Å²) in [7, 11) is -3.84. The van der Waals surface area contributed by atoms with Crippen LogP contribution < -0.4 is 5.32 Å². The Hall–Kier alpha value is -2.00. The molecule has 0 bridgehead atoms. The summed E-state index contributed by atoms with van der Waals surface area (Å²) >= 11 is 6.08. The quantitative estimate of drug-likeness (QED) is 0.822. The molecule has 9 heteroatoms. The number of carbonyl (C=O) groups is 1. The number of carbonyl (C=O) groups excluding carboxylic acids is 1. The molecule has 0 unspecified atom stereocenters. The Kier molecular flexibility index (Phi) is 5.81. The van der Waals surface area contributed by atoms with Crippen LogP contribution in [0.3, 0.4) is 0 Å². The summed E-state index contributed by atoms with van der Waals surface area (Å²) in [5.41, 5.74) is 1.66. The third kappa shape index (κ3) is 4.47. The van der Waals surface area contributed by atoms with Crippen LogP contribution >= 0.6 is 11.6 Å². The Balaban J connectivity index is 1.66. The third-order valence-electron chi connectivity index (χ3n) is 4.27. The number of hydrogen-bond acceptors (Lipinski definition) is 3. The molecule has 1 saturated heterocycles. The van der Waals surface area contributed by atoms with E-state index >= 15 is 0 Å². The minimum Gasteiger partial charge on any atom is -0.324 e. The zero-order valence-electron chi connectivity index (χ0n) is 14.7. The molecule has 1 N–H and O–H groups in total. The molecular formula is C18H19ClFN3O3S. The van der Waals surface area contributed by atoms with Crippen LogP contribution in [0.15, 0.2) is 42.5 Å². The highest BCUT2D eigenvalue weighted by atomic mass is 35.5. The van der Waals surface area contributed by atoms with E-state index in [1.807, 2.05) is 6.92 Å². The van der Waals surface area contributed by atoms with Crippen LogP contribution in [-0.4, -0.2) is 42.6 Å². The largest absolute Gasteiger partial charge is 0.324 e. The highest BCUT2D eigenvalue weighted by Crippen LogP contribution is 2.24. The van der Waals surface area contributed by atoms with Gasteiger partial charge in [0, 0.05) is 25.2 Å². The molecule has 0 aliphatic carbocycles. The van der Waals surface area contributed by atoms with E-state index in [2.05, 4.69) is 5.32 Å². The van der Waals surface area contributed by atoms with Crippen LogP contribution in [-0.2, 0) is 21.5 Å². The normalized spacial score (nSPS) is 17.1. The highest BCUT2D eigenvalue weighted by Gasteiger charge is 2.37. The summed E-state index contributed by atoms with van der Waals surface area (Å²) in [6.45, 7) is 1.82. The van der Waals surface area contributed by atoms with Crippen molar-refractivity contribution in [3.8, 4) is 0 Å². The number of nitrogens with one attached hydrogen (secondary N) is 1. The van der Waals surface area contributed by atoms with Crippen LogP contribution in [0.4, 0.5) is 10.1 Å². The van der Waals surface area contributed by atoms with Gasteiger partial charge < -0.3 is 5.32 Å². The van der Waals surface area contributed by atoms with Gasteiger partial charge in [0.15, 0.2) is 0 Å². The van der Waals surface area contributed by atoms with Crippen molar-refractivity contribution in [2.24, 2.45) is 0 Å². The van der Waals surface area contributed by atoms with Crippen molar-refractivity contribution >= 4 is 33.4 Å². The first-order chi connectivity index (χ1) is 12.8. The predicted molar refractivity (Wildman–Crippen MR) is 102 cm³/mol. The standard InChI is InChI=1S/C18H19ClFN3O3S/c1-13-6-7-17(15(19)10-13)21-18(24)12-23-9-8-22(27(23,25)26)11-14-4-2-3-5-16(14)20/h2-7,10H,8-9,11-12H2,1H3,(H,21,24). The molecule has 1 aliphatic rings. The molecule has 2 aromatic rings. The molecule has 2 aromatic carbocycles. The minimum absolute atomic E-state index is 0.0725. The second-order valence-corrected chi connectivity index (χ2v) is 8.63. The summed E-state index contributed by atoms with van der Waals surface area (Å²) in [6.07, 6.45) is 0. The molecule has 1 heterocycles. The molecule has 27 heavy (non-hydrogen) atoms. The number of benzene rings is 2. The fourth-order valence-corrected chi connectivity index (χ4v) is 4.64. The highest BCUT2D eigenvalue weighted by molar-refractivity contribution is 7.87. The Labute approximate surface area is 162 Å². The van der Waals surface area contributed by atoms with Gasteiger partial charge in [0.2, 0.25) is 5.91 Å². The first-order valence-corrected chi connectivity index (χ1v) is 10.1. The summed E-state index contributed by atoms with van der Waals surface area (Å²) in [6, 6.07) is 11.2. The molecule has 1 aliphatic heterocycles. The molecule has 0 radical (unpaired) electrons. The van der Waals surface area contributed by atoms with Gasteiger partial charge in [-0.1, -0.05) is 35.9 Å². The van der Waals surface area contributed by atoms with Crippen molar-refractivity contribution in [3.63, 3.8) is 0 Å². The number of amides is 1. The number of nitrogens with zero attached hydrogens (tertiary/aromatic N) is 2. The summed E-state index contributed by atoms with van der Waals surface area (Å²) in [5, 5.41) is 3.00. The lowest BCUT2D eigenvalue weighted by atomic mass is 10.2. The minimum atomic E-state index is -3.84. The van der Waals surface area contributed by atoms with Crippen LogP contribution in [0, 0.1) is 12.7 Å². The second-order valence-electron chi connectivity index (χ2n) is 6.30. The van der Waals surface area contributed by atoms with E-state index < -0.39 is 21.9 Å². The maximum atomic E-state index is 13.8. The van der Waals surface area contributed by atoms with Gasteiger partial charge in [-0.3, -0.25) is 4.79 Å². The predicted octanol–water partition coefficient (Wildman–Crippen LogP) is 2.79. The summed E-state index contributed by atoms with van der Waals surface area (Å²) in [5.74, 6) is -0.949. The third-order valence-corrected chi connectivity index (χ3v) is 6.52. The van der Waals surface area contributed by atoms with E-state index in [-0.39, 0.29) is 26.2 Å². The number of anilines is 1. The van der Waals surface area contributed by atoms with Gasteiger partial charge >= 0.3 is 0 Å². The molecule has 0 atom stereocenters. The lowest BCUT2D eigenvalue weighted by molar-refractivity contribution is -0.116. The van der Waals surface area contributed by atoms with E-state index in [4.69, 9.17) is 11.6 Å². The first kappa shape index (κ1) is 19.8. The Morgan fingerprint density at radius 1 is 1.19 bits per heavy atom. The summed E-state index contributed by atoms with van der Waals surface area (Å²) < 4.78 is 41.3. The molecule has 0 spiro atoms. The van der Waals surface area contributed by atoms with Crippen molar-refractivity contribution in [2.75, 3.05) is 25.0 Å². The van der Waals surface area contributed by atoms with Gasteiger partial charge in [0.25, 0.3) is 10.2 Å². The zero-order valence-corrected chi connectivity index (χ0v) is 16.2. The first-order valence-electron chi connectivity index (χ1n) is 8.32. The van der Waals surface area contributed by atoms with E-state index in [1.165, 1.54) is 6.07 Å². The summed E-state index contributed by atoms with van der Waals surface area (Å²) in [4.78, 5) is 12.3. The smallest absolute Gasteiger partial charge is 0.282 e. The fourth-order valence-electron chi connectivity index (χ4n) is 2.83. The average molecular weight is 412 g/mol. The lowest BCUT2D eigenvalue weighted by Gasteiger charge is -2.18. The maximum Gasteiger partial charge on any atom is 0.282 e. The van der Waals surface area contributed by atoms with Crippen LogP contribution in [0.25, 0.3) is 0 Å². The molecule has 1 fully saturated rings. The Morgan fingerprint density at radius 3 is 2.59 bits per heavy atom. The number of rotatable bonds is 5. The topological polar surface area (TPSA) is 69.7 Å². The average Bonchev–Trinajstić information content (AvgIpc) is 2.87. The van der Waals surface area contributed by atoms with Crippen molar-refractivity contribution in [1.82, 2.24) is 8.61 Å². The Morgan fingerprint density at radius 2 is 1.89 bits per heavy atom. The molecular weight excluding hydrogens is 393 g/mol. The van der Waals surface area contributed by atoms with E-state index in [9.17, 15) is 17.6 Å². The monoisotopic (exact) mass is 411 g/mol. The number of aryl methyl sites for hydroxylation is 1. The van der Waals surface area contributed by atoms with Gasteiger partial charge in [-0.2, -0.15) is 17.0 Å². The van der Waals surface area contributed by atoms with Crippen LogP contribution in [0.5, 0.6) is 0 Å². The molecule has 1 amide bonds. The van der Waals surface area contributed by atoms with Crippen molar-refractivity contribution < 1.29 is 17.6 Å². The lowest BCUT2D eigenvalue weighted by Crippen LogP contribution is -2.38. The van der Waals surface area contributed by atoms with Gasteiger partial charge in [-0.15, -0.1) is 0 Å². The van der Waals surface area contributed by atoms with E-state index in [0.717, 1.165) is 14.2 Å². The van der Waals surface area contributed by atoms with Crippen LogP contribution in [0.1, 0.15) is 11.1 Å². The number of hydrogen-bond donors (Lipinski definition) is 1. The van der Waals surface area contributed by atoms with Gasteiger partial charge in [0.1, 0.15) is 5.82 Å². The molecule has 144 valence electrons.